The van der Waals surface area contributed by atoms with E-state index in [0.29, 0.717) is 11.8 Å². The van der Waals surface area contributed by atoms with E-state index in [1.165, 1.54) is 12.0 Å². The first kappa shape index (κ1) is 9.66. The molecule has 1 saturated heterocycles. The second kappa shape index (κ2) is 4.09. The van der Waals surface area contributed by atoms with Crippen LogP contribution in [-0.2, 0) is 0 Å². The summed E-state index contributed by atoms with van der Waals surface area (Å²) in [6.07, 6.45) is 1.19. The normalized spacial score (nSPS) is 26.7. The van der Waals surface area contributed by atoms with E-state index < -0.39 is 0 Å². The van der Waals surface area contributed by atoms with Crippen LogP contribution in [0.1, 0.15) is 24.8 Å². The minimum atomic E-state index is -0.146. The molecule has 1 nitrogen and oxygen atoms in total. The molecule has 76 valence electrons. The summed E-state index contributed by atoms with van der Waals surface area (Å²) in [7, 11) is 0. The van der Waals surface area contributed by atoms with Crippen molar-refractivity contribution in [3.8, 4) is 0 Å². The number of hydrogen-bond acceptors (Lipinski definition) is 1. The molecule has 1 aromatic rings. The van der Waals surface area contributed by atoms with Gasteiger partial charge in [0, 0.05) is 12.5 Å². The molecule has 1 aliphatic rings. The molecule has 0 aliphatic carbocycles. The molecule has 0 bridgehead atoms. The summed E-state index contributed by atoms with van der Waals surface area (Å²) < 4.78 is 12.7. The summed E-state index contributed by atoms with van der Waals surface area (Å²) in [6, 6.07) is 6.94. The lowest BCUT2D eigenvalue weighted by molar-refractivity contribution is 0.502. The van der Waals surface area contributed by atoms with Crippen LogP contribution in [0.25, 0.3) is 0 Å². The molecule has 1 N–H and O–H groups in total. The Bertz CT molecular complexity index is 294. The molecule has 2 atom stereocenters. The SMILES string of the molecule is CC[C@H]1CNC[C@@H]1c1ccc(F)cc1. The Morgan fingerprint density at radius 1 is 1.29 bits per heavy atom. The Kier molecular flexibility index (Phi) is 2.82. The van der Waals surface area contributed by atoms with Crippen molar-refractivity contribution in [2.24, 2.45) is 5.92 Å². The molecule has 0 spiro atoms. The van der Waals surface area contributed by atoms with E-state index in [0.717, 1.165) is 13.1 Å². The van der Waals surface area contributed by atoms with E-state index in [-0.39, 0.29) is 5.82 Å². The first-order valence-electron chi connectivity index (χ1n) is 5.27. The molecular formula is C12H16FN. The van der Waals surface area contributed by atoms with Crippen molar-refractivity contribution in [3.63, 3.8) is 0 Å². The summed E-state index contributed by atoms with van der Waals surface area (Å²) in [6.45, 7) is 4.34. The number of hydrogen-bond donors (Lipinski definition) is 1. The molecule has 0 radical (unpaired) electrons. The van der Waals surface area contributed by atoms with Gasteiger partial charge in [0.2, 0.25) is 0 Å². The van der Waals surface area contributed by atoms with Gasteiger partial charge in [0.25, 0.3) is 0 Å². The Hall–Kier alpha value is -0.890. The minimum Gasteiger partial charge on any atom is -0.316 e. The Morgan fingerprint density at radius 3 is 2.64 bits per heavy atom. The summed E-state index contributed by atoms with van der Waals surface area (Å²) in [5.41, 5.74) is 1.27. The maximum absolute atomic E-state index is 12.7. The Labute approximate surface area is 84.3 Å². The molecule has 1 aliphatic heterocycles. The second-order valence-electron chi connectivity index (χ2n) is 3.98. The lowest BCUT2D eigenvalue weighted by atomic mass is 9.87. The molecule has 0 amide bonds. The second-order valence-corrected chi connectivity index (χ2v) is 3.98. The summed E-state index contributed by atoms with van der Waals surface area (Å²) in [5, 5.41) is 3.39. The zero-order chi connectivity index (χ0) is 9.97. The van der Waals surface area contributed by atoms with Crippen LogP contribution in [0, 0.1) is 11.7 Å². The molecule has 0 saturated carbocycles. The quantitative estimate of drug-likeness (QED) is 0.761. The topological polar surface area (TPSA) is 12.0 Å². The lowest BCUT2D eigenvalue weighted by Gasteiger charge is -2.16. The van der Waals surface area contributed by atoms with E-state index in [4.69, 9.17) is 0 Å². The standard InChI is InChI=1S/C12H16FN/c1-2-9-7-14-8-12(9)10-3-5-11(13)6-4-10/h3-6,9,12,14H,2,7-8H2,1H3/t9-,12-/m0/s1. The third-order valence-electron chi connectivity index (χ3n) is 3.16. The van der Waals surface area contributed by atoms with Crippen molar-refractivity contribution in [3.05, 3.63) is 35.6 Å². The third-order valence-corrected chi connectivity index (χ3v) is 3.16. The molecule has 1 heterocycles. The number of nitrogens with one attached hydrogen (secondary N) is 1. The monoisotopic (exact) mass is 193 g/mol. The first-order valence-corrected chi connectivity index (χ1v) is 5.27. The van der Waals surface area contributed by atoms with E-state index >= 15 is 0 Å². The molecule has 0 aromatic heterocycles. The van der Waals surface area contributed by atoms with E-state index in [2.05, 4.69) is 12.2 Å². The van der Waals surface area contributed by atoms with Crippen LogP contribution in [0.3, 0.4) is 0 Å². The van der Waals surface area contributed by atoms with Gasteiger partial charge in [-0.1, -0.05) is 25.5 Å². The van der Waals surface area contributed by atoms with Gasteiger partial charge in [0.05, 0.1) is 0 Å². The smallest absolute Gasteiger partial charge is 0.123 e. The Balaban J connectivity index is 2.17. The molecule has 14 heavy (non-hydrogen) atoms. The molecule has 2 rings (SSSR count). The number of rotatable bonds is 2. The predicted molar refractivity (Wildman–Crippen MR) is 55.8 cm³/mol. The Morgan fingerprint density at radius 2 is 2.00 bits per heavy atom. The van der Waals surface area contributed by atoms with Crippen molar-refractivity contribution in [2.75, 3.05) is 13.1 Å². The fourth-order valence-electron chi connectivity index (χ4n) is 2.26. The summed E-state index contributed by atoms with van der Waals surface area (Å²) >= 11 is 0. The van der Waals surface area contributed by atoms with Crippen molar-refractivity contribution in [2.45, 2.75) is 19.3 Å². The van der Waals surface area contributed by atoms with Crippen LogP contribution >= 0.6 is 0 Å². The largest absolute Gasteiger partial charge is 0.316 e. The summed E-state index contributed by atoms with van der Waals surface area (Å²) in [5.74, 6) is 1.13. The zero-order valence-corrected chi connectivity index (χ0v) is 8.46. The number of halogens is 1. The predicted octanol–water partition coefficient (Wildman–Crippen LogP) is 2.54. The van der Waals surface area contributed by atoms with Crippen molar-refractivity contribution >= 4 is 0 Å². The highest BCUT2D eigenvalue weighted by atomic mass is 19.1. The average molecular weight is 193 g/mol. The van der Waals surface area contributed by atoms with Gasteiger partial charge in [-0.15, -0.1) is 0 Å². The van der Waals surface area contributed by atoms with Gasteiger partial charge in [0.1, 0.15) is 5.82 Å². The maximum Gasteiger partial charge on any atom is 0.123 e. The zero-order valence-electron chi connectivity index (χ0n) is 8.46. The van der Waals surface area contributed by atoms with Gasteiger partial charge in [-0.05, 0) is 30.2 Å². The fraction of sp³-hybridized carbons (Fsp3) is 0.500. The highest BCUT2D eigenvalue weighted by Crippen LogP contribution is 2.29. The molecule has 1 fully saturated rings. The average Bonchev–Trinajstić information content (AvgIpc) is 2.67. The van der Waals surface area contributed by atoms with Crippen LogP contribution in [0.5, 0.6) is 0 Å². The first-order chi connectivity index (χ1) is 6.81. The van der Waals surface area contributed by atoms with Crippen LogP contribution in [0.15, 0.2) is 24.3 Å². The molecule has 2 heteroatoms. The van der Waals surface area contributed by atoms with Crippen molar-refractivity contribution in [1.82, 2.24) is 5.32 Å². The van der Waals surface area contributed by atoms with E-state index in [9.17, 15) is 4.39 Å². The van der Waals surface area contributed by atoms with Gasteiger partial charge in [0.15, 0.2) is 0 Å². The van der Waals surface area contributed by atoms with Crippen molar-refractivity contribution < 1.29 is 4.39 Å². The van der Waals surface area contributed by atoms with Crippen LogP contribution in [-0.4, -0.2) is 13.1 Å². The molecule has 0 unspecified atom stereocenters. The highest BCUT2D eigenvalue weighted by molar-refractivity contribution is 5.22. The van der Waals surface area contributed by atoms with E-state index in [1.807, 2.05) is 12.1 Å². The van der Waals surface area contributed by atoms with Crippen LogP contribution < -0.4 is 5.32 Å². The maximum atomic E-state index is 12.7. The van der Waals surface area contributed by atoms with Gasteiger partial charge in [-0.25, -0.2) is 4.39 Å². The van der Waals surface area contributed by atoms with Crippen LogP contribution in [0.4, 0.5) is 4.39 Å². The molecular weight excluding hydrogens is 177 g/mol. The van der Waals surface area contributed by atoms with Crippen LogP contribution in [0.2, 0.25) is 0 Å². The molecule has 1 aromatic carbocycles. The van der Waals surface area contributed by atoms with Gasteiger partial charge in [-0.3, -0.25) is 0 Å². The number of benzene rings is 1. The van der Waals surface area contributed by atoms with Gasteiger partial charge >= 0.3 is 0 Å². The summed E-state index contributed by atoms with van der Waals surface area (Å²) in [4.78, 5) is 0. The fourth-order valence-corrected chi connectivity index (χ4v) is 2.26. The van der Waals surface area contributed by atoms with E-state index in [1.54, 1.807) is 12.1 Å². The van der Waals surface area contributed by atoms with Crippen molar-refractivity contribution in [1.29, 1.82) is 0 Å². The lowest BCUT2D eigenvalue weighted by Crippen LogP contribution is -2.09. The third kappa shape index (κ3) is 1.80. The minimum absolute atomic E-state index is 0.146. The van der Waals surface area contributed by atoms with Gasteiger partial charge in [-0.2, -0.15) is 0 Å². The highest BCUT2D eigenvalue weighted by Gasteiger charge is 2.26. The van der Waals surface area contributed by atoms with Gasteiger partial charge < -0.3 is 5.32 Å².